The van der Waals surface area contributed by atoms with Gasteiger partial charge >= 0.3 is 0 Å². The molecule has 0 saturated carbocycles. The maximum Gasteiger partial charge on any atom is 0.212 e. The van der Waals surface area contributed by atoms with E-state index in [4.69, 9.17) is 9.84 Å². The van der Waals surface area contributed by atoms with E-state index in [0.29, 0.717) is 0 Å². The minimum atomic E-state index is 0.774. The molecule has 1 aliphatic heterocycles. The predicted molar refractivity (Wildman–Crippen MR) is 89.0 cm³/mol. The topological polar surface area (TPSA) is 52.3 Å². The van der Waals surface area contributed by atoms with Crippen molar-refractivity contribution in [2.24, 2.45) is 5.10 Å². The summed E-state index contributed by atoms with van der Waals surface area (Å²) in [6.45, 7) is 0. The van der Waals surface area contributed by atoms with Gasteiger partial charge in [0.15, 0.2) is 5.82 Å². The lowest BCUT2D eigenvalue weighted by atomic mass is 10.1. The Hall–Kier alpha value is -2.12. The number of methoxy groups -OCH3 is 1. The molecule has 0 aliphatic carbocycles. The van der Waals surface area contributed by atoms with Crippen molar-refractivity contribution >= 4 is 28.8 Å². The van der Waals surface area contributed by atoms with Gasteiger partial charge in [-0.1, -0.05) is 30.0 Å². The fraction of sp³-hybridized carbons (Fsp3) is 0.133. The van der Waals surface area contributed by atoms with Crippen LogP contribution in [-0.2, 0) is 0 Å². The van der Waals surface area contributed by atoms with E-state index in [2.05, 4.69) is 10.2 Å². The zero-order valence-corrected chi connectivity index (χ0v) is 13.4. The number of rotatable bonds is 3. The first-order chi connectivity index (χ1) is 10.8. The Bertz CT molecular complexity index is 839. The van der Waals surface area contributed by atoms with Crippen LogP contribution in [0, 0.1) is 0 Å². The summed E-state index contributed by atoms with van der Waals surface area (Å²) in [5.74, 6) is 2.39. The Labute approximate surface area is 135 Å². The quantitative estimate of drug-likeness (QED) is 0.740. The molecule has 0 spiro atoms. The van der Waals surface area contributed by atoms with E-state index >= 15 is 0 Å². The highest BCUT2D eigenvalue weighted by atomic mass is 32.2. The highest BCUT2D eigenvalue weighted by molar-refractivity contribution is 7.99. The SMILES string of the molecule is COc1cccc(C2=Nn3c(nnc3-c3cccs3)SC2)c1. The predicted octanol–water partition coefficient (Wildman–Crippen LogP) is 3.37. The van der Waals surface area contributed by atoms with Crippen LogP contribution in [-0.4, -0.2) is 33.4 Å². The standard InChI is InChI=1S/C15H12N4OS2/c1-20-11-5-2-4-10(8-11)12-9-22-15-17-16-14(19(15)18-12)13-6-3-7-21-13/h2-8H,9H2,1H3. The molecule has 3 aromatic rings. The number of fused-ring (bicyclic) bond motifs is 1. The second-order valence-corrected chi connectivity index (χ2v) is 6.55. The zero-order chi connectivity index (χ0) is 14.9. The van der Waals surface area contributed by atoms with Crippen LogP contribution in [0.5, 0.6) is 5.75 Å². The Kier molecular flexibility index (Phi) is 3.44. The van der Waals surface area contributed by atoms with Gasteiger partial charge in [-0.25, -0.2) is 0 Å². The van der Waals surface area contributed by atoms with E-state index in [9.17, 15) is 0 Å². The van der Waals surface area contributed by atoms with Crippen LogP contribution in [0.4, 0.5) is 0 Å². The molecule has 0 bridgehead atoms. The van der Waals surface area contributed by atoms with E-state index in [1.165, 1.54) is 0 Å². The Morgan fingerprint density at radius 1 is 1.18 bits per heavy atom. The summed E-state index contributed by atoms with van der Waals surface area (Å²) in [7, 11) is 1.67. The summed E-state index contributed by atoms with van der Waals surface area (Å²) in [6, 6.07) is 12.0. The van der Waals surface area contributed by atoms with Crippen LogP contribution in [0.2, 0.25) is 0 Å². The Balaban J connectivity index is 1.78. The molecule has 0 atom stereocenters. The van der Waals surface area contributed by atoms with E-state index < -0.39 is 0 Å². The second-order valence-electron chi connectivity index (χ2n) is 4.66. The average molecular weight is 328 g/mol. The first kappa shape index (κ1) is 13.5. The Morgan fingerprint density at radius 3 is 2.95 bits per heavy atom. The van der Waals surface area contributed by atoms with Crippen molar-refractivity contribution in [1.82, 2.24) is 14.9 Å². The molecule has 0 amide bonds. The fourth-order valence-electron chi connectivity index (χ4n) is 2.23. The van der Waals surface area contributed by atoms with Crippen LogP contribution in [0.15, 0.2) is 52.0 Å². The number of thiophene rings is 1. The van der Waals surface area contributed by atoms with Gasteiger partial charge in [-0.2, -0.15) is 9.78 Å². The number of hydrogen-bond acceptors (Lipinski definition) is 6. The number of aromatic nitrogens is 3. The third kappa shape index (κ3) is 2.32. The smallest absolute Gasteiger partial charge is 0.212 e. The van der Waals surface area contributed by atoms with Gasteiger partial charge in [0.25, 0.3) is 0 Å². The lowest BCUT2D eigenvalue weighted by Gasteiger charge is -2.14. The van der Waals surface area contributed by atoms with Crippen LogP contribution in [0.1, 0.15) is 5.56 Å². The van der Waals surface area contributed by atoms with Crippen LogP contribution >= 0.6 is 23.1 Å². The largest absolute Gasteiger partial charge is 0.497 e. The van der Waals surface area contributed by atoms with E-state index in [0.717, 1.165) is 38.6 Å². The highest BCUT2D eigenvalue weighted by Gasteiger charge is 2.21. The molecular weight excluding hydrogens is 316 g/mol. The summed E-state index contributed by atoms with van der Waals surface area (Å²) < 4.78 is 7.12. The lowest BCUT2D eigenvalue weighted by Crippen LogP contribution is -2.13. The minimum Gasteiger partial charge on any atom is -0.497 e. The molecule has 0 N–H and O–H groups in total. The number of hydrogen-bond donors (Lipinski definition) is 0. The average Bonchev–Trinajstić information content (AvgIpc) is 3.23. The van der Waals surface area contributed by atoms with E-state index in [1.54, 1.807) is 30.2 Å². The summed E-state index contributed by atoms with van der Waals surface area (Å²) in [4.78, 5) is 1.06. The van der Waals surface area contributed by atoms with Gasteiger partial charge < -0.3 is 4.74 Å². The molecule has 0 radical (unpaired) electrons. The Morgan fingerprint density at radius 2 is 2.14 bits per heavy atom. The molecule has 5 nitrogen and oxygen atoms in total. The number of nitrogens with zero attached hydrogens (tertiary/aromatic N) is 4. The molecule has 7 heteroatoms. The van der Waals surface area contributed by atoms with Gasteiger partial charge in [0.2, 0.25) is 5.16 Å². The molecule has 0 unspecified atom stereocenters. The first-order valence-electron chi connectivity index (χ1n) is 6.69. The third-order valence-electron chi connectivity index (χ3n) is 3.32. The van der Waals surface area contributed by atoms with Gasteiger partial charge in [-0.3, -0.25) is 0 Å². The monoisotopic (exact) mass is 328 g/mol. The molecule has 0 saturated heterocycles. The van der Waals surface area contributed by atoms with Gasteiger partial charge in [-0.15, -0.1) is 21.5 Å². The van der Waals surface area contributed by atoms with Gasteiger partial charge in [0, 0.05) is 11.3 Å². The van der Waals surface area contributed by atoms with Gasteiger partial charge in [-0.05, 0) is 23.6 Å². The molecule has 4 rings (SSSR count). The normalized spacial score (nSPS) is 13.6. The van der Waals surface area contributed by atoms with Crippen LogP contribution in [0.25, 0.3) is 10.7 Å². The third-order valence-corrected chi connectivity index (χ3v) is 5.11. The van der Waals surface area contributed by atoms with Crippen molar-refractivity contribution in [3.05, 3.63) is 47.3 Å². The summed E-state index contributed by atoms with van der Waals surface area (Å²) in [5, 5.41) is 16.1. The molecule has 110 valence electrons. The van der Waals surface area contributed by atoms with Crippen molar-refractivity contribution in [1.29, 1.82) is 0 Å². The minimum absolute atomic E-state index is 0.774. The zero-order valence-electron chi connectivity index (χ0n) is 11.8. The number of benzene rings is 1. The maximum atomic E-state index is 5.29. The first-order valence-corrected chi connectivity index (χ1v) is 8.56. The van der Waals surface area contributed by atoms with E-state index in [-0.39, 0.29) is 0 Å². The van der Waals surface area contributed by atoms with Crippen molar-refractivity contribution in [3.8, 4) is 16.5 Å². The summed E-state index contributed by atoms with van der Waals surface area (Å²) in [6.07, 6.45) is 0. The van der Waals surface area contributed by atoms with Gasteiger partial charge in [0.1, 0.15) is 5.75 Å². The van der Waals surface area contributed by atoms with Crippen molar-refractivity contribution in [2.45, 2.75) is 5.16 Å². The van der Waals surface area contributed by atoms with Crippen molar-refractivity contribution in [3.63, 3.8) is 0 Å². The maximum absolute atomic E-state index is 5.29. The number of thioether (sulfide) groups is 1. The summed E-state index contributed by atoms with van der Waals surface area (Å²) in [5.41, 5.74) is 2.05. The van der Waals surface area contributed by atoms with Crippen molar-refractivity contribution < 1.29 is 4.74 Å². The highest BCUT2D eigenvalue weighted by Crippen LogP contribution is 2.30. The summed E-state index contributed by atoms with van der Waals surface area (Å²) >= 11 is 3.28. The molecule has 3 heterocycles. The van der Waals surface area contributed by atoms with E-state index in [1.807, 2.05) is 46.5 Å². The molecule has 2 aromatic heterocycles. The fourth-order valence-corrected chi connectivity index (χ4v) is 3.76. The lowest BCUT2D eigenvalue weighted by molar-refractivity contribution is 0.414. The molecule has 1 aliphatic rings. The molecule has 1 aromatic carbocycles. The number of ether oxygens (including phenoxy) is 1. The second kappa shape index (κ2) is 5.58. The molecular formula is C15H12N4OS2. The van der Waals surface area contributed by atoms with Crippen LogP contribution in [0.3, 0.4) is 0 Å². The molecule has 22 heavy (non-hydrogen) atoms. The molecule has 0 fully saturated rings. The van der Waals surface area contributed by atoms with Crippen molar-refractivity contribution in [2.75, 3.05) is 12.9 Å². The van der Waals surface area contributed by atoms with Gasteiger partial charge in [0.05, 0.1) is 17.7 Å². The van der Waals surface area contributed by atoms with Crippen LogP contribution < -0.4 is 4.74 Å².